The van der Waals surface area contributed by atoms with Crippen LogP contribution in [0.5, 0.6) is 0 Å². The molecule has 1 fully saturated rings. The highest BCUT2D eigenvalue weighted by Crippen LogP contribution is 2.17. The third-order valence-electron chi connectivity index (χ3n) is 3.96. The molecule has 19 heavy (non-hydrogen) atoms. The highest BCUT2D eigenvalue weighted by molar-refractivity contribution is 5.79. The van der Waals surface area contributed by atoms with Crippen LogP contribution in [0.25, 0.3) is 0 Å². The van der Waals surface area contributed by atoms with Crippen molar-refractivity contribution >= 4 is 11.9 Å². The molecule has 1 atom stereocenters. The lowest BCUT2D eigenvalue weighted by molar-refractivity contribution is -0.145. The van der Waals surface area contributed by atoms with E-state index < -0.39 is 5.97 Å². The van der Waals surface area contributed by atoms with Crippen LogP contribution in [0.1, 0.15) is 40.0 Å². The van der Waals surface area contributed by atoms with Crippen molar-refractivity contribution in [1.29, 1.82) is 0 Å². The number of carboxylic acids is 1. The van der Waals surface area contributed by atoms with Crippen molar-refractivity contribution in [3.05, 3.63) is 0 Å². The number of hydrogen-bond donors (Lipinski definition) is 2. The molecule has 110 valence electrons. The van der Waals surface area contributed by atoms with Crippen molar-refractivity contribution in [2.24, 2.45) is 11.8 Å². The molecule has 0 bridgehead atoms. The molecule has 1 unspecified atom stereocenters. The molecule has 0 aromatic carbocycles. The molecule has 0 spiro atoms. The Labute approximate surface area is 115 Å². The van der Waals surface area contributed by atoms with Gasteiger partial charge in [0.05, 0.1) is 12.5 Å². The van der Waals surface area contributed by atoms with E-state index in [2.05, 4.69) is 26.1 Å². The van der Waals surface area contributed by atoms with Crippen LogP contribution >= 0.6 is 0 Å². The molecule has 1 rings (SSSR count). The Morgan fingerprint density at radius 3 is 2.32 bits per heavy atom. The van der Waals surface area contributed by atoms with Crippen molar-refractivity contribution in [2.45, 2.75) is 46.1 Å². The van der Waals surface area contributed by atoms with E-state index >= 15 is 0 Å². The first kappa shape index (κ1) is 16.0. The number of carbonyl (C=O) groups excluding carboxylic acids is 1. The summed E-state index contributed by atoms with van der Waals surface area (Å²) in [5.41, 5.74) is 0. The van der Waals surface area contributed by atoms with E-state index in [0.717, 1.165) is 6.42 Å². The Balaban J connectivity index is 2.33. The number of carboxylic acid groups (broad SMARTS) is 1. The van der Waals surface area contributed by atoms with Gasteiger partial charge in [-0.15, -0.1) is 0 Å². The monoisotopic (exact) mass is 270 g/mol. The Bertz CT molecular complexity index is 310. The standard InChI is InChI=1S/C14H26N2O3/c1-4-12(10(2)3)15-9-13(17)16-7-5-11(6-8-16)14(18)19/h10-12,15H,4-9H2,1-3H3,(H,18,19). The first-order valence-corrected chi connectivity index (χ1v) is 7.19. The second-order valence-electron chi connectivity index (χ2n) is 5.63. The fourth-order valence-electron chi connectivity index (χ4n) is 2.56. The summed E-state index contributed by atoms with van der Waals surface area (Å²) in [5.74, 6) is -0.425. The molecule has 1 saturated heterocycles. The van der Waals surface area contributed by atoms with Crippen LogP contribution in [-0.2, 0) is 9.59 Å². The van der Waals surface area contributed by atoms with Crippen molar-refractivity contribution in [2.75, 3.05) is 19.6 Å². The lowest BCUT2D eigenvalue weighted by Gasteiger charge is -2.31. The Morgan fingerprint density at radius 1 is 1.32 bits per heavy atom. The second kappa shape index (κ2) is 7.48. The summed E-state index contributed by atoms with van der Waals surface area (Å²) < 4.78 is 0. The van der Waals surface area contributed by atoms with Gasteiger partial charge in [0.25, 0.3) is 0 Å². The number of carbonyl (C=O) groups is 2. The number of nitrogens with zero attached hydrogens (tertiary/aromatic N) is 1. The summed E-state index contributed by atoms with van der Waals surface area (Å²) in [7, 11) is 0. The van der Waals surface area contributed by atoms with Crippen molar-refractivity contribution < 1.29 is 14.7 Å². The van der Waals surface area contributed by atoms with Gasteiger partial charge in [0.2, 0.25) is 5.91 Å². The minimum absolute atomic E-state index is 0.0861. The van der Waals surface area contributed by atoms with Gasteiger partial charge in [-0.25, -0.2) is 0 Å². The van der Waals surface area contributed by atoms with Gasteiger partial charge in [0, 0.05) is 19.1 Å². The Morgan fingerprint density at radius 2 is 1.89 bits per heavy atom. The van der Waals surface area contributed by atoms with Gasteiger partial charge in [-0.05, 0) is 25.2 Å². The summed E-state index contributed by atoms with van der Waals surface area (Å²) in [6.07, 6.45) is 2.15. The molecule has 1 aliphatic heterocycles. The maximum Gasteiger partial charge on any atom is 0.306 e. The fourth-order valence-corrected chi connectivity index (χ4v) is 2.56. The van der Waals surface area contributed by atoms with Crippen LogP contribution < -0.4 is 5.32 Å². The van der Waals surface area contributed by atoms with Crippen LogP contribution in [-0.4, -0.2) is 47.6 Å². The molecule has 0 aromatic rings. The van der Waals surface area contributed by atoms with Crippen LogP contribution in [0.3, 0.4) is 0 Å². The van der Waals surface area contributed by atoms with E-state index in [4.69, 9.17) is 5.11 Å². The third kappa shape index (κ3) is 4.82. The third-order valence-corrected chi connectivity index (χ3v) is 3.96. The molecular weight excluding hydrogens is 244 g/mol. The van der Waals surface area contributed by atoms with Gasteiger partial charge in [-0.3, -0.25) is 9.59 Å². The van der Waals surface area contributed by atoms with Gasteiger partial charge in [0.1, 0.15) is 0 Å². The highest BCUT2D eigenvalue weighted by Gasteiger charge is 2.27. The van der Waals surface area contributed by atoms with E-state index in [0.29, 0.717) is 44.4 Å². The van der Waals surface area contributed by atoms with Crippen LogP contribution in [0.15, 0.2) is 0 Å². The summed E-state index contributed by atoms with van der Waals surface area (Å²) in [6, 6.07) is 0.362. The highest BCUT2D eigenvalue weighted by atomic mass is 16.4. The average molecular weight is 270 g/mol. The molecule has 0 aromatic heterocycles. The first-order chi connectivity index (χ1) is 8.95. The zero-order valence-electron chi connectivity index (χ0n) is 12.2. The molecule has 0 radical (unpaired) electrons. The minimum atomic E-state index is -0.740. The molecule has 5 nitrogen and oxygen atoms in total. The normalized spacial score (nSPS) is 18.6. The van der Waals surface area contributed by atoms with Crippen LogP contribution in [0, 0.1) is 11.8 Å². The smallest absolute Gasteiger partial charge is 0.306 e. The topological polar surface area (TPSA) is 69.6 Å². The number of piperidine rings is 1. The van der Waals surface area contributed by atoms with Crippen LogP contribution in [0.2, 0.25) is 0 Å². The number of likely N-dealkylation sites (tertiary alicyclic amines) is 1. The molecule has 0 aliphatic carbocycles. The van der Waals surface area contributed by atoms with Crippen molar-refractivity contribution in [3.63, 3.8) is 0 Å². The lowest BCUT2D eigenvalue weighted by atomic mass is 9.97. The molecule has 1 aliphatic rings. The molecule has 1 heterocycles. The molecular formula is C14H26N2O3. The lowest BCUT2D eigenvalue weighted by Crippen LogP contribution is -2.46. The van der Waals surface area contributed by atoms with E-state index in [-0.39, 0.29) is 11.8 Å². The van der Waals surface area contributed by atoms with E-state index in [9.17, 15) is 9.59 Å². The van der Waals surface area contributed by atoms with Crippen molar-refractivity contribution in [3.8, 4) is 0 Å². The van der Waals surface area contributed by atoms with Gasteiger partial charge in [0.15, 0.2) is 0 Å². The molecule has 1 amide bonds. The zero-order chi connectivity index (χ0) is 14.4. The van der Waals surface area contributed by atoms with Gasteiger partial charge >= 0.3 is 5.97 Å². The Kier molecular flexibility index (Phi) is 6.28. The molecule has 5 heteroatoms. The van der Waals surface area contributed by atoms with E-state index in [1.807, 2.05) is 0 Å². The van der Waals surface area contributed by atoms with Gasteiger partial charge in [-0.2, -0.15) is 0 Å². The summed E-state index contributed by atoms with van der Waals surface area (Å²) in [4.78, 5) is 24.7. The number of hydrogen-bond acceptors (Lipinski definition) is 3. The maximum absolute atomic E-state index is 12.0. The average Bonchev–Trinajstić information content (AvgIpc) is 2.38. The quantitative estimate of drug-likeness (QED) is 0.764. The fraction of sp³-hybridized carbons (Fsp3) is 0.857. The van der Waals surface area contributed by atoms with Crippen molar-refractivity contribution in [1.82, 2.24) is 10.2 Å². The number of rotatable bonds is 6. The first-order valence-electron chi connectivity index (χ1n) is 7.19. The minimum Gasteiger partial charge on any atom is -0.481 e. The number of aliphatic carboxylic acids is 1. The molecule has 0 saturated carbocycles. The van der Waals surface area contributed by atoms with Gasteiger partial charge < -0.3 is 15.3 Å². The number of amides is 1. The predicted octanol–water partition coefficient (Wildman–Crippen LogP) is 1.33. The summed E-state index contributed by atoms with van der Waals surface area (Å²) in [5, 5.41) is 12.2. The SMILES string of the molecule is CCC(NCC(=O)N1CCC(C(=O)O)CC1)C(C)C. The Hall–Kier alpha value is -1.10. The second-order valence-corrected chi connectivity index (χ2v) is 5.63. The maximum atomic E-state index is 12.0. The van der Waals surface area contributed by atoms with E-state index in [1.165, 1.54) is 0 Å². The van der Waals surface area contributed by atoms with E-state index in [1.54, 1.807) is 4.90 Å². The summed E-state index contributed by atoms with van der Waals surface area (Å²) >= 11 is 0. The van der Waals surface area contributed by atoms with Gasteiger partial charge in [-0.1, -0.05) is 20.8 Å². The summed E-state index contributed by atoms with van der Waals surface area (Å²) in [6.45, 7) is 7.88. The molecule has 2 N–H and O–H groups in total. The predicted molar refractivity (Wildman–Crippen MR) is 73.9 cm³/mol. The van der Waals surface area contributed by atoms with Crippen LogP contribution in [0.4, 0.5) is 0 Å². The number of nitrogens with one attached hydrogen (secondary N) is 1. The zero-order valence-corrected chi connectivity index (χ0v) is 12.2. The largest absolute Gasteiger partial charge is 0.481 e.